The van der Waals surface area contributed by atoms with E-state index in [-0.39, 0.29) is 28.9 Å². The molecule has 2 aromatic heterocycles. The molecular formula is C25H21FN4O3S. The van der Waals surface area contributed by atoms with Crippen LogP contribution in [0.1, 0.15) is 12.5 Å². The SMILES string of the molecule is CCS(=O)(=O)c1ccc(CC(=O)Nc2ncc(-c3ccc(F)nc3)c(-c3ccccc3)n2)cc1. The van der Waals surface area contributed by atoms with Crippen molar-refractivity contribution in [2.24, 2.45) is 0 Å². The van der Waals surface area contributed by atoms with Crippen LogP contribution in [0.15, 0.2) is 84.0 Å². The zero-order valence-corrected chi connectivity index (χ0v) is 19.1. The highest BCUT2D eigenvalue weighted by atomic mass is 32.2. The van der Waals surface area contributed by atoms with E-state index in [1.54, 1.807) is 31.3 Å². The lowest BCUT2D eigenvalue weighted by Crippen LogP contribution is -2.17. The number of amides is 1. The standard InChI is InChI=1S/C25H21FN4O3S/c1-2-34(32,33)20-11-8-17(9-12-20)14-23(31)29-25-28-16-21(19-10-13-22(26)27-15-19)24(30-25)18-6-4-3-5-7-18/h3-13,15-16H,2,14H2,1H3,(H,28,29,30,31). The Balaban J connectivity index is 1.57. The van der Waals surface area contributed by atoms with Gasteiger partial charge in [0, 0.05) is 29.1 Å². The lowest BCUT2D eigenvalue weighted by Gasteiger charge is -2.11. The Kier molecular flexibility index (Phi) is 6.74. The number of benzene rings is 2. The van der Waals surface area contributed by atoms with Crippen LogP contribution in [0.3, 0.4) is 0 Å². The van der Waals surface area contributed by atoms with Gasteiger partial charge >= 0.3 is 0 Å². The monoisotopic (exact) mass is 476 g/mol. The fourth-order valence-corrected chi connectivity index (χ4v) is 4.22. The summed E-state index contributed by atoms with van der Waals surface area (Å²) in [5.41, 5.74) is 3.30. The first-order valence-corrected chi connectivity index (χ1v) is 12.2. The van der Waals surface area contributed by atoms with Gasteiger partial charge in [0.25, 0.3) is 0 Å². The van der Waals surface area contributed by atoms with Gasteiger partial charge in [0.15, 0.2) is 9.84 Å². The molecular weight excluding hydrogens is 455 g/mol. The minimum atomic E-state index is -3.30. The molecule has 34 heavy (non-hydrogen) atoms. The molecule has 4 aromatic rings. The summed E-state index contributed by atoms with van der Waals surface area (Å²) in [6.07, 6.45) is 2.99. The van der Waals surface area contributed by atoms with Crippen LogP contribution in [0.5, 0.6) is 0 Å². The summed E-state index contributed by atoms with van der Waals surface area (Å²) < 4.78 is 37.2. The first kappa shape index (κ1) is 23.2. The fraction of sp³-hybridized carbons (Fsp3) is 0.120. The topological polar surface area (TPSA) is 102 Å². The molecule has 0 aliphatic rings. The molecule has 0 fully saturated rings. The Morgan fingerprint density at radius 1 is 0.912 bits per heavy atom. The van der Waals surface area contributed by atoms with Gasteiger partial charge in [-0.15, -0.1) is 0 Å². The van der Waals surface area contributed by atoms with Crippen molar-refractivity contribution in [3.63, 3.8) is 0 Å². The van der Waals surface area contributed by atoms with Crippen LogP contribution < -0.4 is 5.32 Å². The smallest absolute Gasteiger partial charge is 0.231 e. The molecule has 2 aromatic carbocycles. The molecule has 172 valence electrons. The van der Waals surface area contributed by atoms with Crippen LogP contribution in [-0.2, 0) is 21.1 Å². The second kappa shape index (κ2) is 9.88. The van der Waals surface area contributed by atoms with E-state index in [1.165, 1.54) is 24.4 Å². The number of nitrogens with one attached hydrogen (secondary N) is 1. The third-order valence-electron chi connectivity index (χ3n) is 5.15. The van der Waals surface area contributed by atoms with Crippen molar-refractivity contribution in [2.45, 2.75) is 18.2 Å². The third-order valence-corrected chi connectivity index (χ3v) is 6.90. The van der Waals surface area contributed by atoms with Crippen LogP contribution >= 0.6 is 0 Å². The molecule has 0 aliphatic carbocycles. The van der Waals surface area contributed by atoms with Gasteiger partial charge in [0.1, 0.15) is 0 Å². The lowest BCUT2D eigenvalue weighted by molar-refractivity contribution is -0.115. The van der Waals surface area contributed by atoms with E-state index in [0.717, 1.165) is 5.56 Å². The first-order valence-electron chi connectivity index (χ1n) is 10.5. The zero-order valence-electron chi connectivity index (χ0n) is 18.3. The van der Waals surface area contributed by atoms with E-state index < -0.39 is 15.8 Å². The van der Waals surface area contributed by atoms with Crippen LogP contribution in [0, 0.1) is 5.95 Å². The van der Waals surface area contributed by atoms with Gasteiger partial charge in [-0.2, -0.15) is 4.39 Å². The number of pyridine rings is 1. The molecule has 0 unspecified atom stereocenters. The number of anilines is 1. The average molecular weight is 477 g/mol. The fourth-order valence-electron chi connectivity index (χ4n) is 3.34. The summed E-state index contributed by atoms with van der Waals surface area (Å²) >= 11 is 0. The third kappa shape index (κ3) is 5.32. The Morgan fingerprint density at radius 3 is 2.29 bits per heavy atom. The number of halogens is 1. The molecule has 1 amide bonds. The molecule has 0 saturated heterocycles. The molecule has 9 heteroatoms. The van der Waals surface area contributed by atoms with Crippen molar-refractivity contribution in [1.29, 1.82) is 0 Å². The normalized spacial score (nSPS) is 11.2. The van der Waals surface area contributed by atoms with E-state index in [2.05, 4.69) is 20.3 Å². The van der Waals surface area contributed by atoms with Gasteiger partial charge < -0.3 is 0 Å². The number of hydrogen-bond acceptors (Lipinski definition) is 6. The lowest BCUT2D eigenvalue weighted by atomic mass is 10.0. The maximum atomic E-state index is 13.3. The number of aromatic nitrogens is 3. The van der Waals surface area contributed by atoms with Crippen LogP contribution in [0.4, 0.5) is 10.3 Å². The first-order chi connectivity index (χ1) is 16.4. The maximum absolute atomic E-state index is 13.3. The number of nitrogens with zero attached hydrogens (tertiary/aromatic N) is 3. The molecule has 1 N–H and O–H groups in total. The van der Waals surface area contributed by atoms with E-state index in [0.29, 0.717) is 22.4 Å². The summed E-state index contributed by atoms with van der Waals surface area (Å²) in [5.74, 6) is -0.804. The average Bonchev–Trinajstić information content (AvgIpc) is 2.85. The van der Waals surface area contributed by atoms with Crippen molar-refractivity contribution in [1.82, 2.24) is 15.0 Å². The van der Waals surface area contributed by atoms with Crippen molar-refractivity contribution < 1.29 is 17.6 Å². The predicted octanol–water partition coefficient (Wildman–Crippen LogP) is 4.32. The molecule has 0 radical (unpaired) electrons. The number of rotatable bonds is 7. The van der Waals surface area contributed by atoms with Gasteiger partial charge in [-0.1, -0.05) is 49.4 Å². The zero-order chi connectivity index (χ0) is 24.1. The Bertz CT molecular complexity index is 1410. The van der Waals surface area contributed by atoms with Crippen LogP contribution in [-0.4, -0.2) is 35.0 Å². The molecule has 0 spiro atoms. The van der Waals surface area contributed by atoms with E-state index in [1.807, 2.05) is 30.3 Å². The number of carbonyl (C=O) groups excluding carboxylic acids is 1. The number of sulfone groups is 1. The number of carbonyl (C=O) groups is 1. The van der Waals surface area contributed by atoms with Crippen molar-refractivity contribution >= 4 is 21.7 Å². The largest absolute Gasteiger partial charge is 0.294 e. The van der Waals surface area contributed by atoms with Crippen molar-refractivity contribution in [3.8, 4) is 22.4 Å². The summed E-state index contributed by atoms with van der Waals surface area (Å²) in [6, 6.07) is 18.4. The van der Waals surface area contributed by atoms with Gasteiger partial charge in [0.2, 0.25) is 17.8 Å². The van der Waals surface area contributed by atoms with Crippen molar-refractivity contribution in [3.05, 3.63) is 90.6 Å². The molecule has 7 nitrogen and oxygen atoms in total. The van der Waals surface area contributed by atoms with E-state index in [9.17, 15) is 17.6 Å². The Hall–Kier alpha value is -3.98. The highest BCUT2D eigenvalue weighted by Crippen LogP contribution is 2.30. The Labute approximate surface area is 196 Å². The van der Waals surface area contributed by atoms with Gasteiger partial charge in [-0.25, -0.2) is 23.4 Å². The molecule has 4 rings (SSSR count). The Morgan fingerprint density at radius 2 is 1.65 bits per heavy atom. The minimum absolute atomic E-state index is 0.0118. The van der Waals surface area contributed by atoms with Crippen LogP contribution in [0.2, 0.25) is 0 Å². The summed E-state index contributed by atoms with van der Waals surface area (Å²) in [5, 5.41) is 2.69. The highest BCUT2D eigenvalue weighted by Gasteiger charge is 2.15. The molecule has 0 bridgehead atoms. The van der Waals surface area contributed by atoms with Gasteiger partial charge in [-0.05, 0) is 29.8 Å². The maximum Gasteiger partial charge on any atom is 0.231 e. The molecule has 0 aliphatic heterocycles. The van der Waals surface area contributed by atoms with Gasteiger partial charge in [-0.3, -0.25) is 10.1 Å². The summed E-state index contributed by atoms with van der Waals surface area (Å²) in [4.78, 5) is 25.3. The quantitative estimate of drug-likeness (QED) is 0.399. The highest BCUT2D eigenvalue weighted by molar-refractivity contribution is 7.91. The molecule has 0 atom stereocenters. The van der Waals surface area contributed by atoms with E-state index >= 15 is 0 Å². The second-order valence-corrected chi connectivity index (χ2v) is 9.74. The van der Waals surface area contributed by atoms with E-state index in [4.69, 9.17) is 0 Å². The predicted molar refractivity (Wildman–Crippen MR) is 127 cm³/mol. The van der Waals surface area contributed by atoms with Crippen LogP contribution in [0.25, 0.3) is 22.4 Å². The van der Waals surface area contributed by atoms with Gasteiger partial charge in [0.05, 0.1) is 22.8 Å². The summed E-state index contributed by atoms with van der Waals surface area (Å²) in [6.45, 7) is 1.58. The molecule has 2 heterocycles. The minimum Gasteiger partial charge on any atom is -0.294 e. The second-order valence-electron chi connectivity index (χ2n) is 7.46. The van der Waals surface area contributed by atoms with Crippen molar-refractivity contribution in [2.75, 3.05) is 11.1 Å². The molecule has 0 saturated carbocycles. The number of hydrogen-bond donors (Lipinski definition) is 1. The summed E-state index contributed by atoms with van der Waals surface area (Å²) in [7, 11) is -3.30.